The number of nitrogens with zero attached hydrogens (tertiary/aromatic N) is 2. The summed E-state index contributed by atoms with van der Waals surface area (Å²) in [5, 5.41) is 7.03. The number of rotatable bonds is 5. The van der Waals surface area contributed by atoms with Gasteiger partial charge < -0.3 is 9.84 Å². The van der Waals surface area contributed by atoms with E-state index in [0.29, 0.717) is 16.6 Å². The molecule has 0 atom stereocenters. The summed E-state index contributed by atoms with van der Waals surface area (Å²) in [5.41, 5.74) is -0.551. The smallest absolute Gasteiger partial charge is 0.231 e. The molecule has 2 aromatic rings. The van der Waals surface area contributed by atoms with Crippen LogP contribution in [0.15, 0.2) is 33.7 Å². The summed E-state index contributed by atoms with van der Waals surface area (Å²) in [5.74, 6) is 0.717. The van der Waals surface area contributed by atoms with Gasteiger partial charge in [-0.05, 0) is 25.0 Å². The van der Waals surface area contributed by atoms with Gasteiger partial charge in [0.2, 0.25) is 11.8 Å². The van der Waals surface area contributed by atoms with Crippen molar-refractivity contribution in [2.24, 2.45) is 0 Å². The molecule has 0 aliphatic heterocycles. The minimum absolute atomic E-state index is 0.150. The van der Waals surface area contributed by atoms with Crippen LogP contribution >= 0.6 is 11.8 Å². The third-order valence-corrected chi connectivity index (χ3v) is 5.04. The largest absolute Gasteiger partial charge is 0.342 e. The highest BCUT2D eigenvalue weighted by atomic mass is 32.2. The number of carbonyl (C=O) groups is 1. The number of halogens is 1. The summed E-state index contributed by atoms with van der Waals surface area (Å²) >= 11 is 1.19. The molecule has 122 valence electrons. The Balaban J connectivity index is 1.66. The molecule has 5 nitrogen and oxygen atoms in total. The molecular formula is C16H18FN3O2S. The van der Waals surface area contributed by atoms with Crippen LogP contribution in [0.3, 0.4) is 0 Å². The lowest BCUT2D eigenvalue weighted by Crippen LogP contribution is -2.45. The molecule has 3 rings (SSSR count). The molecule has 0 spiro atoms. The van der Waals surface area contributed by atoms with Crippen LogP contribution in [-0.2, 0) is 10.3 Å². The van der Waals surface area contributed by atoms with Crippen molar-refractivity contribution in [3.8, 4) is 0 Å². The Morgan fingerprint density at radius 1 is 1.39 bits per heavy atom. The minimum Gasteiger partial charge on any atom is -0.342 e. The Morgan fingerprint density at radius 3 is 2.78 bits per heavy atom. The third kappa shape index (κ3) is 3.55. The minimum atomic E-state index is -0.551. The molecule has 1 aromatic heterocycles. The molecule has 1 aliphatic rings. The summed E-state index contributed by atoms with van der Waals surface area (Å²) < 4.78 is 18.7. The fourth-order valence-electron chi connectivity index (χ4n) is 2.88. The van der Waals surface area contributed by atoms with E-state index in [4.69, 9.17) is 4.52 Å². The zero-order chi connectivity index (χ0) is 16.3. The Bertz CT molecular complexity index is 698. The van der Waals surface area contributed by atoms with Crippen molar-refractivity contribution < 1.29 is 13.7 Å². The fourth-order valence-corrected chi connectivity index (χ4v) is 3.62. The van der Waals surface area contributed by atoms with Crippen LogP contribution in [0, 0.1) is 12.7 Å². The molecule has 7 heteroatoms. The maximum Gasteiger partial charge on any atom is 0.231 e. The first kappa shape index (κ1) is 16.0. The second-order valence-corrected chi connectivity index (χ2v) is 6.71. The molecule has 1 saturated carbocycles. The van der Waals surface area contributed by atoms with Crippen LogP contribution in [0.1, 0.15) is 37.4 Å². The van der Waals surface area contributed by atoms with Gasteiger partial charge in [-0.15, -0.1) is 11.8 Å². The molecule has 1 aliphatic carbocycles. The summed E-state index contributed by atoms with van der Waals surface area (Å²) in [6, 6.07) is 6.44. The van der Waals surface area contributed by atoms with Crippen LogP contribution < -0.4 is 5.32 Å². The molecule has 0 unspecified atom stereocenters. The van der Waals surface area contributed by atoms with Crippen LogP contribution in [0.2, 0.25) is 0 Å². The second kappa shape index (κ2) is 6.70. The summed E-state index contributed by atoms with van der Waals surface area (Å²) in [4.78, 5) is 17.1. The highest BCUT2D eigenvalue weighted by Gasteiger charge is 2.41. The van der Waals surface area contributed by atoms with E-state index < -0.39 is 5.54 Å². The molecule has 1 heterocycles. The van der Waals surface area contributed by atoms with Crippen LogP contribution in [0.5, 0.6) is 0 Å². The maximum atomic E-state index is 13.6. The summed E-state index contributed by atoms with van der Waals surface area (Å²) in [7, 11) is 0. The summed E-state index contributed by atoms with van der Waals surface area (Å²) in [6.07, 6.45) is 3.60. The number of aromatic nitrogens is 2. The van der Waals surface area contributed by atoms with Gasteiger partial charge in [-0.3, -0.25) is 4.79 Å². The Labute approximate surface area is 138 Å². The summed E-state index contributed by atoms with van der Waals surface area (Å²) in [6.45, 7) is 1.73. The molecule has 1 fully saturated rings. The van der Waals surface area contributed by atoms with Crippen LogP contribution in [-0.4, -0.2) is 21.8 Å². The van der Waals surface area contributed by atoms with Crippen LogP contribution in [0.4, 0.5) is 4.39 Å². The first-order valence-electron chi connectivity index (χ1n) is 7.58. The molecule has 0 radical (unpaired) electrons. The highest BCUT2D eigenvalue weighted by Crippen LogP contribution is 2.37. The average Bonchev–Trinajstić information content (AvgIpc) is 3.16. The molecule has 1 N–H and O–H groups in total. The van der Waals surface area contributed by atoms with Crippen molar-refractivity contribution in [3.05, 3.63) is 41.8 Å². The first-order valence-corrected chi connectivity index (χ1v) is 8.57. The van der Waals surface area contributed by atoms with Crippen molar-refractivity contribution in [1.82, 2.24) is 15.5 Å². The van der Waals surface area contributed by atoms with E-state index in [9.17, 15) is 9.18 Å². The number of nitrogens with one attached hydrogen (secondary N) is 1. The highest BCUT2D eigenvalue weighted by molar-refractivity contribution is 8.00. The number of amides is 1. The van der Waals surface area contributed by atoms with Gasteiger partial charge in [-0.1, -0.05) is 30.1 Å². The number of hydrogen-bond donors (Lipinski definition) is 1. The van der Waals surface area contributed by atoms with Crippen molar-refractivity contribution in [2.75, 3.05) is 5.75 Å². The number of thioether (sulfide) groups is 1. The van der Waals surface area contributed by atoms with Gasteiger partial charge in [-0.2, -0.15) is 4.98 Å². The van der Waals surface area contributed by atoms with E-state index >= 15 is 0 Å². The molecule has 1 aromatic carbocycles. The van der Waals surface area contributed by atoms with Crippen molar-refractivity contribution in [2.45, 2.75) is 43.0 Å². The fraction of sp³-hybridized carbons (Fsp3) is 0.438. The Hall–Kier alpha value is -1.89. The van der Waals surface area contributed by atoms with E-state index in [1.165, 1.54) is 17.8 Å². The van der Waals surface area contributed by atoms with Gasteiger partial charge in [0, 0.05) is 11.8 Å². The molecule has 1 amide bonds. The second-order valence-electron chi connectivity index (χ2n) is 5.69. The predicted octanol–water partition coefficient (Wildman–Crippen LogP) is 3.19. The number of benzene rings is 1. The molecule has 0 saturated heterocycles. The topological polar surface area (TPSA) is 68.0 Å². The lowest BCUT2D eigenvalue weighted by Gasteiger charge is -2.26. The standard InChI is InChI=1S/C16H18FN3O2S/c1-11-18-15(20-22-11)16(8-4-5-9-16)19-14(21)10-23-13-7-3-2-6-12(13)17/h2-3,6-7H,4-5,8-10H2,1H3,(H,19,21). The van der Waals surface area contributed by atoms with Gasteiger partial charge in [0.15, 0.2) is 5.82 Å². The number of hydrogen-bond acceptors (Lipinski definition) is 5. The van der Waals surface area contributed by atoms with E-state index in [1.807, 2.05) is 0 Å². The van der Waals surface area contributed by atoms with Gasteiger partial charge in [0.05, 0.1) is 5.75 Å². The van der Waals surface area contributed by atoms with Gasteiger partial charge >= 0.3 is 0 Å². The van der Waals surface area contributed by atoms with E-state index in [2.05, 4.69) is 15.5 Å². The maximum absolute atomic E-state index is 13.6. The van der Waals surface area contributed by atoms with E-state index in [-0.39, 0.29) is 17.5 Å². The monoisotopic (exact) mass is 335 g/mol. The molecule has 23 heavy (non-hydrogen) atoms. The SMILES string of the molecule is Cc1nc(C2(NC(=O)CSc3ccccc3F)CCCC2)no1. The Kier molecular flexibility index (Phi) is 4.66. The lowest BCUT2D eigenvalue weighted by atomic mass is 9.96. The van der Waals surface area contributed by atoms with Gasteiger partial charge in [-0.25, -0.2) is 4.39 Å². The zero-order valence-electron chi connectivity index (χ0n) is 12.8. The quantitative estimate of drug-likeness (QED) is 0.850. The van der Waals surface area contributed by atoms with Crippen LogP contribution in [0.25, 0.3) is 0 Å². The van der Waals surface area contributed by atoms with Gasteiger partial charge in [0.25, 0.3) is 0 Å². The third-order valence-electron chi connectivity index (χ3n) is 3.99. The van der Waals surface area contributed by atoms with Crippen molar-refractivity contribution >= 4 is 17.7 Å². The van der Waals surface area contributed by atoms with Crippen molar-refractivity contribution in [1.29, 1.82) is 0 Å². The predicted molar refractivity (Wildman–Crippen MR) is 84.4 cm³/mol. The molecular weight excluding hydrogens is 317 g/mol. The Morgan fingerprint density at radius 2 is 2.13 bits per heavy atom. The first-order chi connectivity index (χ1) is 11.1. The van der Waals surface area contributed by atoms with E-state index in [1.54, 1.807) is 25.1 Å². The average molecular weight is 335 g/mol. The van der Waals surface area contributed by atoms with E-state index in [0.717, 1.165) is 25.7 Å². The lowest BCUT2D eigenvalue weighted by molar-refractivity contribution is -0.120. The number of aryl methyl sites for hydroxylation is 1. The van der Waals surface area contributed by atoms with Crippen molar-refractivity contribution in [3.63, 3.8) is 0 Å². The zero-order valence-corrected chi connectivity index (χ0v) is 13.7. The number of carbonyl (C=O) groups excluding carboxylic acids is 1. The van der Waals surface area contributed by atoms with Gasteiger partial charge in [0.1, 0.15) is 11.4 Å². The normalized spacial score (nSPS) is 16.4. The molecule has 0 bridgehead atoms.